The molecule has 2 aliphatic rings. The summed E-state index contributed by atoms with van der Waals surface area (Å²) in [5.74, 6) is 0.206. The molecule has 2 fully saturated rings. The number of hydrogen-bond acceptors (Lipinski definition) is 2. The highest BCUT2D eigenvalue weighted by Crippen LogP contribution is 2.22. The topological polar surface area (TPSA) is 23.6 Å². The van der Waals surface area contributed by atoms with Crippen LogP contribution in [0.5, 0.6) is 0 Å². The normalized spacial score (nSPS) is 20.9. The van der Waals surface area contributed by atoms with Gasteiger partial charge in [-0.25, -0.2) is 0 Å². The van der Waals surface area contributed by atoms with Crippen LogP contribution in [-0.2, 0) is 6.42 Å². The monoisotopic (exact) mass is 286 g/mol. The van der Waals surface area contributed by atoms with E-state index in [0.29, 0.717) is 6.04 Å². The third-order valence-corrected chi connectivity index (χ3v) is 5.02. The Morgan fingerprint density at radius 1 is 1.05 bits per heavy atom. The van der Waals surface area contributed by atoms with Crippen molar-refractivity contribution in [1.29, 1.82) is 0 Å². The summed E-state index contributed by atoms with van der Waals surface area (Å²) in [6, 6.07) is 8.81. The van der Waals surface area contributed by atoms with Crippen LogP contribution >= 0.6 is 0 Å². The van der Waals surface area contributed by atoms with E-state index in [1.165, 1.54) is 31.5 Å². The van der Waals surface area contributed by atoms with E-state index in [1.807, 2.05) is 17.0 Å². The lowest BCUT2D eigenvalue weighted by molar-refractivity contribution is 0.0644. The van der Waals surface area contributed by atoms with Crippen LogP contribution in [0.15, 0.2) is 24.3 Å². The van der Waals surface area contributed by atoms with E-state index < -0.39 is 0 Å². The number of likely N-dealkylation sites (tertiary alicyclic amines) is 2. The minimum atomic E-state index is 0.206. The second-order valence-corrected chi connectivity index (χ2v) is 6.32. The van der Waals surface area contributed by atoms with Crippen LogP contribution in [0.4, 0.5) is 0 Å². The van der Waals surface area contributed by atoms with Crippen LogP contribution in [0.1, 0.15) is 48.5 Å². The maximum absolute atomic E-state index is 12.5. The zero-order valence-corrected chi connectivity index (χ0v) is 13.1. The molecule has 3 heteroatoms. The molecule has 0 spiro atoms. The van der Waals surface area contributed by atoms with Gasteiger partial charge in [0.2, 0.25) is 0 Å². The summed E-state index contributed by atoms with van der Waals surface area (Å²) in [6.45, 7) is 6.49. The van der Waals surface area contributed by atoms with Crippen molar-refractivity contribution in [3.05, 3.63) is 35.4 Å². The van der Waals surface area contributed by atoms with Gasteiger partial charge in [0.15, 0.2) is 0 Å². The van der Waals surface area contributed by atoms with Crippen LogP contribution in [0.25, 0.3) is 0 Å². The van der Waals surface area contributed by atoms with Crippen LogP contribution in [0.2, 0.25) is 0 Å². The molecule has 1 aromatic carbocycles. The zero-order chi connectivity index (χ0) is 14.7. The quantitative estimate of drug-likeness (QED) is 0.853. The van der Waals surface area contributed by atoms with Gasteiger partial charge in [0.25, 0.3) is 5.91 Å². The molecule has 0 bridgehead atoms. The second-order valence-electron chi connectivity index (χ2n) is 6.32. The van der Waals surface area contributed by atoms with Crippen molar-refractivity contribution in [3.63, 3.8) is 0 Å². The molecular weight excluding hydrogens is 260 g/mol. The Morgan fingerprint density at radius 2 is 1.67 bits per heavy atom. The Kier molecular flexibility index (Phi) is 4.59. The summed E-state index contributed by atoms with van der Waals surface area (Å²) < 4.78 is 0. The number of amides is 1. The van der Waals surface area contributed by atoms with E-state index in [0.717, 1.165) is 37.9 Å². The van der Waals surface area contributed by atoms with Gasteiger partial charge in [0, 0.05) is 24.7 Å². The summed E-state index contributed by atoms with van der Waals surface area (Å²) in [5, 5.41) is 0. The number of carbonyl (C=O) groups is 1. The van der Waals surface area contributed by atoms with Crippen LogP contribution < -0.4 is 0 Å². The van der Waals surface area contributed by atoms with Crippen LogP contribution in [0, 0.1) is 0 Å². The molecule has 0 unspecified atom stereocenters. The smallest absolute Gasteiger partial charge is 0.253 e. The van der Waals surface area contributed by atoms with Gasteiger partial charge in [-0.1, -0.05) is 19.1 Å². The van der Waals surface area contributed by atoms with Gasteiger partial charge in [-0.05, 0) is 62.9 Å². The van der Waals surface area contributed by atoms with Crippen molar-refractivity contribution in [3.8, 4) is 0 Å². The van der Waals surface area contributed by atoms with Gasteiger partial charge in [-0.3, -0.25) is 4.79 Å². The van der Waals surface area contributed by atoms with E-state index in [9.17, 15) is 4.79 Å². The van der Waals surface area contributed by atoms with Crippen molar-refractivity contribution in [2.24, 2.45) is 0 Å². The Hall–Kier alpha value is -1.35. The molecule has 0 aliphatic carbocycles. The number of aryl methyl sites for hydroxylation is 1. The molecule has 2 aliphatic heterocycles. The van der Waals surface area contributed by atoms with Gasteiger partial charge in [-0.2, -0.15) is 0 Å². The highest BCUT2D eigenvalue weighted by atomic mass is 16.2. The van der Waals surface area contributed by atoms with Gasteiger partial charge >= 0.3 is 0 Å². The summed E-state index contributed by atoms with van der Waals surface area (Å²) in [7, 11) is 0. The molecule has 3 rings (SSSR count). The van der Waals surface area contributed by atoms with Gasteiger partial charge < -0.3 is 9.80 Å². The number of benzene rings is 1. The summed E-state index contributed by atoms with van der Waals surface area (Å²) in [6.07, 6.45) is 6.00. The first kappa shape index (κ1) is 14.6. The van der Waals surface area contributed by atoms with Crippen molar-refractivity contribution in [2.75, 3.05) is 26.2 Å². The Morgan fingerprint density at radius 3 is 2.24 bits per heavy atom. The molecule has 2 heterocycles. The molecule has 2 saturated heterocycles. The molecule has 0 atom stereocenters. The minimum absolute atomic E-state index is 0.206. The highest BCUT2D eigenvalue weighted by Gasteiger charge is 2.28. The number of hydrogen-bond donors (Lipinski definition) is 0. The molecule has 0 saturated carbocycles. The van der Waals surface area contributed by atoms with Gasteiger partial charge in [-0.15, -0.1) is 0 Å². The summed E-state index contributed by atoms with van der Waals surface area (Å²) in [5.41, 5.74) is 2.13. The van der Waals surface area contributed by atoms with E-state index in [-0.39, 0.29) is 5.91 Å². The third kappa shape index (κ3) is 3.29. The first-order valence-electron chi connectivity index (χ1n) is 8.40. The Bertz CT molecular complexity index is 468. The van der Waals surface area contributed by atoms with Crippen LogP contribution in [-0.4, -0.2) is 47.9 Å². The van der Waals surface area contributed by atoms with E-state index in [1.54, 1.807) is 0 Å². The van der Waals surface area contributed by atoms with Crippen molar-refractivity contribution >= 4 is 5.91 Å². The minimum Gasteiger partial charge on any atom is -0.339 e. The lowest BCUT2D eigenvalue weighted by Gasteiger charge is -2.36. The number of nitrogens with zero attached hydrogens (tertiary/aromatic N) is 2. The SMILES string of the molecule is CCc1ccc(C(=O)N2CCC(N3CCCC3)CC2)cc1. The van der Waals surface area contributed by atoms with Crippen molar-refractivity contribution < 1.29 is 4.79 Å². The number of rotatable bonds is 3. The Balaban J connectivity index is 1.56. The van der Waals surface area contributed by atoms with E-state index in [4.69, 9.17) is 0 Å². The van der Waals surface area contributed by atoms with Crippen molar-refractivity contribution in [1.82, 2.24) is 9.80 Å². The van der Waals surface area contributed by atoms with Gasteiger partial charge in [0.1, 0.15) is 0 Å². The lowest BCUT2D eigenvalue weighted by atomic mass is 10.0. The summed E-state index contributed by atoms with van der Waals surface area (Å²) in [4.78, 5) is 17.2. The van der Waals surface area contributed by atoms with Crippen molar-refractivity contribution in [2.45, 2.75) is 45.1 Å². The zero-order valence-electron chi connectivity index (χ0n) is 13.1. The molecule has 3 nitrogen and oxygen atoms in total. The molecule has 0 aromatic heterocycles. The lowest BCUT2D eigenvalue weighted by Crippen LogP contribution is -2.45. The molecule has 0 N–H and O–H groups in total. The average molecular weight is 286 g/mol. The molecule has 1 aromatic rings. The predicted octanol–water partition coefficient (Wildman–Crippen LogP) is 2.95. The fraction of sp³-hybridized carbons (Fsp3) is 0.611. The fourth-order valence-corrected chi connectivity index (χ4v) is 3.61. The molecule has 21 heavy (non-hydrogen) atoms. The maximum Gasteiger partial charge on any atom is 0.253 e. The largest absolute Gasteiger partial charge is 0.339 e. The number of piperidine rings is 1. The first-order valence-corrected chi connectivity index (χ1v) is 8.40. The third-order valence-electron chi connectivity index (χ3n) is 5.02. The fourth-order valence-electron chi connectivity index (χ4n) is 3.61. The molecule has 1 amide bonds. The maximum atomic E-state index is 12.5. The standard InChI is InChI=1S/C18H26N2O/c1-2-15-5-7-16(8-6-15)18(21)20-13-9-17(10-14-20)19-11-3-4-12-19/h5-8,17H,2-4,9-14H2,1H3. The van der Waals surface area contributed by atoms with Crippen LogP contribution in [0.3, 0.4) is 0 Å². The second kappa shape index (κ2) is 6.61. The average Bonchev–Trinajstić information content (AvgIpc) is 3.09. The first-order chi connectivity index (χ1) is 10.3. The summed E-state index contributed by atoms with van der Waals surface area (Å²) >= 11 is 0. The molecule has 114 valence electrons. The molecular formula is C18H26N2O. The number of carbonyl (C=O) groups excluding carboxylic acids is 1. The van der Waals surface area contributed by atoms with Gasteiger partial charge in [0.05, 0.1) is 0 Å². The highest BCUT2D eigenvalue weighted by molar-refractivity contribution is 5.94. The molecule has 0 radical (unpaired) electrons. The predicted molar refractivity (Wildman–Crippen MR) is 85.6 cm³/mol. The van der Waals surface area contributed by atoms with E-state index in [2.05, 4.69) is 24.0 Å². The van der Waals surface area contributed by atoms with E-state index >= 15 is 0 Å². The Labute approximate surface area is 127 Å².